The number of carbonyl (C=O) groups is 2. The highest BCUT2D eigenvalue weighted by atomic mass is 32.2. The van der Waals surface area contributed by atoms with Gasteiger partial charge in [-0.15, -0.1) is 0 Å². The number of carbonyl (C=O) groups excluding carboxylic acids is 2. The standard InChI is InChI=1S/C17H21NO4S/c19-14(11-22-10-13-4-2-1-3-5-13)9-18-15(20)8-17(16(18)21)6-7-23-12-17/h1-5,14,19H,6-12H2/t14-,17-/m1/s1. The molecule has 0 aliphatic carbocycles. The minimum Gasteiger partial charge on any atom is -0.389 e. The molecule has 2 fully saturated rings. The normalized spacial score (nSPS) is 25.5. The number of rotatable bonds is 6. The van der Waals surface area contributed by atoms with E-state index in [-0.39, 0.29) is 31.4 Å². The second-order valence-corrected chi connectivity index (χ2v) is 7.33. The van der Waals surface area contributed by atoms with Gasteiger partial charge in [-0.05, 0) is 17.7 Å². The number of nitrogens with zero attached hydrogens (tertiary/aromatic N) is 1. The van der Waals surface area contributed by atoms with Crippen molar-refractivity contribution in [3.05, 3.63) is 35.9 Å². The van der Waals surface area contributed by atoms with Crippen molar-refractivity contribution in [2.75, 3.05) is 24.7 Å². The molecule has 2 aliphatic heterocycles. The highest BCUT2D eigenvalue weighted by Crippen LogP contribution is 2.44. The largest absolute Gasteiger partial charge is 0.389 e. The summed E-state index contributed by atoms with van der Waals surface area (Å²) in [5, 5.41) is 10.1. The van der Waals surface area contributed by atoms with E-state index in [0.29, 0.717) is 12.4 Å². The number of hydrogen-bond acceptors (Lipinski definition) is 5. The SMILES string of the molecule is O=C1C[C@@]2(CCSC2)C(=O)N1C[C@@H](O)COCc1ccccc1. The molecule has 0 unspecified atom stereocenters. The summed E-state index contributed by atoms with van der Waals surface area (Å²) in [4.78, 5) is 25.9. The van der Waals surface area contributed by atoms with Crippen LogP contribution in [0.5, 0.6) is 0 Å². The highest BCUT2D eigenvalue weighted by Gasteiger charge is 2.53. The summed E-state index contributed by atoms with van der Waals surface area (Å²) in [6.07, 6.45) is 0.200. The van der Waals surface area contributed by atoms with E-state index in [1.54, 1.807) is 11.8 Å². The zero-order chi connectivity index (χ0) is 16.3. The Kier molecular flexibility index (Phi) is 5.04. The summed E-state index contributed by atoms with van der Waals surface area (Å²) in [5.41, 5.74) is 0.516. The third kappa shape index (κ3) is 3.59. The Balaban J connectivity index is 1.49. The molecular formula is C17H21NO4S. The second kappa shape index (κ2) is 7.03. The Labute approximate surface area is 140 Å². The molecule has 0 saturated carbocycles. The predicted octanol–water partition coefficient (Wildman–Crippen LogP) is 1.45. The van der Waals surface area contributed by atoms with E-state index in [9.17, 15) is 14.7 Å². The van der Waals surface area contributed by atoms with Crippen LogP contribution in [0, 0.1) is 5.41 Å². The van der Waals surface area contributed by atoms with Crippen LogP contribution in [0.4, 0.5) is 0 Å². The van der Waals surface area contributed by atoms with Crippen molar-refractivity contribution in [1.82, 2.24) is 4.90 Å². The summed E-state index contributed by atoms with van der Waals surface area (Å²) in [7, 11) is 0. The maximum absolute atomic E-state index is 12.5. The van der Waals surface area contributed by atoms with Crippen LogP contribution >= 0.6 is 11.8 Å². The molecule has 0 radical (unpaired) electrons. The minimum absolute atomic E-state index is 0.0267. The third-order valence-electron chi connectivity index (χ3n) is 4.41. The lowest BCUT2D eigenvalue weighted by atomic mass is 9.86. The number of β-amino-alcohol motifs (C(OH)–C–C–N with tert-alkyl or cyclic N) is 1. The van der Waals surface area contributed by atoms with Gasteiger partial charge in [0.2, 0.25) is 11.8 Å². The van der Waals surface area contributed by atoms with E-state index in [4.69, 9.17) is 4.74 Å². The first-order valence-electron chi connectivity index (χ1n) is 7.83. The molecule has 2 aliphatic rings. The van der Waals surface area contributed by atoms with Gasteiger partial charge in [0.15, 0.2) is 0 Å². The fourth-order valence-corrected chi connectivity index (χ4v) is 4.55. The van der Waals surface area contributed by atoms with Gasteiger partial charge in [0, 0.05) is 12.2 Å². The Morgan fingerprint density at radius 2 is 2.09 bits per heavy atom. The molecule has 1 N–H and O–H groups in total. The molecule has 23 heavy (non-hydrogen) atoms. The summed E-state index contributed by atoms with van der Waals surface area (Å²) < 4.78 is 5.48. The van der Waals surface area contributed by atoms with E-state index in [1.165, 1.54) is 4.90 Å². The minimum atomic E-state index is -0.851. The zero-order valence-electron chi connectivity index (χ0n) is 12.9. The fraction of sp³-hybridized carbons (Fsp3) is 0.529. The Morgan fingerprint density at radius 3 is 2.78 bits per heavy atom. The average Bonchev–Trinajstić information content (AvgIpc) is 3.10. The van der Waals surface area contributed by atoms with Gasteiger partial charge in [-0.2, -0.15) is 11.8 Å². The molecule has 1 aromatic rings. The molecular weight excluding hydrogens is 314 g/mol. The molecule has 3 rings (SSSR count). The number of benzene rings is 1. The van der Waals surface area contributed by atoms with Gasteiger partial charge in [-0.3, -0.25) is 14.5 Å². The van der Waals surface area contributed by atoms with Gasteiger partial charge < -0.3 is 9.84 Å². The summed E-state index contributed by atoms with van der Waals surface area (Å²) in [5.74, 6) is 1.36. The van der Waals surface area contributed by atoms with E-state index in [1.807, 2.05) is 30.3 Å². The summed E-state index contributed by atoms with van der Waals surface area (Å²) in [6.45, 7) is 0.535. The lowest BCUT2D eigenvalue weighted by molar-refractivity contribution is -0.143. The molecule has 0 aromatic heterocycles. The molecule has 6 heteroatoms. The number of aliphatic hydroxyl groups excluding tert-OH is 1. The monoisotopic (exact) mass is 335 g/mol. The van der Waals surface area contributed by atoms with Crippen LogP contribution in [0.15, 0.2) is 30.3 Å². The molecule has 5 nitrogen and oxygen atoms in total. The van der Waals surface area contributed by atoms with Crippen molar-refractivity contribution in [2.45, 2.75) is 25.6 Å². The van der Waals surface area contributed by atoms with Gasteiger partial charge in [0.1, 0.15) is 0 Å². The quantitative estimate of drug-likeness (QED) is 0.797. The molecule has 1 spiro atoms. The van der Waals surface area contributed by atoms with Crippen molar-refractivity contribution >= 4 is 23.6 Å². The van der Waals surface area contributed by atoms with Crippen LogP contribution in [0.1, 0.15) is 18.4 Å². The molecule has 2 atom stereocenters. The molecule has 1 aromatic carbocycles. The zero-order valence-corrected chi connectivity index (χ0v) is 13.8. The number of aliphatic hydroxyl groups is 1. The Hall–Kier alpha value is -1.37. The van der Waals surface area contributed by atoms with E-state index in [2.05, 4.69) is 0 Å². The van der Waals surface area contributed by atoms with Gasteiger partial charge in [-0.25, -0.2) is 0 Å². The van der Waals surface area contributed by atoms with E-state index >= 15 is 0 Å². The van der Waals surface area contributed by atoms with Crippen molar-refractivity contribution < 1.29 is 19.4 Å². The van der Waals surface area contributed by atoms with Crippen molar-refractivity contribution in [2.24, 2.45) is 5.41 Å². The number of likely N-dealkylation sites (tertiary alicyclic amines) is 1. The van der Waals surface area contributed by atoms with Crippen LogP contribution in [-0.4, -0.2) is 52.6 Å². The number of amides is 2. The number of hydrogen-bond donors (Lipinski definition) is 1. The number of imide groups is 1. The molecule has 2 heterocycles. The molecule has 2 amide bonds. The first-order valence-corrected chi connectivity index (χ1v) is 8.98. The Morgan fingerprint density at radius 1 is 1.30 bits per heavy atom. The molecule has 124 valence electrons. The van der Waals surface area contributed by atoms with E-state index < -0.39 is 11.5 Å². The van der Waals surface area contributed by atoms with Crippen LogP contribution in [-0.2, 0) is 20.9 Å². The summed E-state index contributed by atoms with van der Waals surface area (Å²) in [6, 6.07) is 9.68. The van der Waals surface area contributed by atoms with E-state index in [0.717, 1.165) is 17.7 Å². The van der Waals surface area contributed by atoms with Crippen LogP contribution in [0.3, 0.4) is 0 Å². The van der Waals surface area contributed by atoms with Gasteiger partial charge in [0.25, 0.3) is 0 Å². The van der Waals surface area contributed by atoms with Gasteiger partial charge in [0.05, 0.1) is 31.3 Å². The fourth-order valence-electron chi connectivity index (χ4n) is 3.11. The maximum Gasteiger partial charge on any atom is 0.236 e. The smallest absolute Gasteiger partial charge is 0.236 e. The topological polar surface area (TPSA) is 66.8 Å². The van der Waals surface area contributed by atoms with Crippen molar-refractivity contribution in [3.63, 3.8) is 0 Å². The third-order valence-corrected chi connectivity index (χ3v) is 5.66. The van der Waals surface area contributed by atoms with Crippen molar-refractivity contribution in [3.8, 4) is 0 Å². The number of thioether (sulfide) groups is 1. The predicted molar refractivity (Wildman–Crippen MR) is 87.8 cm³/mol. The lowest BCUT2D eigenvalue weighted by Crippen LogP contribution is -2.41. The first kappa shape index (κ1) is 16.5. The average molecular weight is 335 g/mol. The van der Waals surface area contributed by atoms with Crippen molar-refractivity contribution in [1.29, 1.82) is 0 Å². The highest BCUT2D eigenvalue weighted by molar-refractivity contribution is 7.99. The van der Waals surface area contributed by atoms with Gasteiger partial charge in [-0.1, -0.05) is 30.3 Å². The summed E-state index contributed by atoms with van der Waals surface area (Å²) >= 11 is 1.72. The lowest BCUT2D eigenvalue weighted by Gasteiger charge is -2.22. The van der Waals surface area contributed by atoms with Crippen LogP contribution < -0.4 is 0 Å². The van der Waals surface area contributed by atoms with Crippen LogP contribution in [0.25, 0.3) is 0 Å². The van der Waals surface area contributed by atoms with Crippen LogP contribution in [0.2, 0.25) is 0 Å². The second-order valence-electron chi connectivity index (χ2n) is 6.22. The first-order chi connectivity index (χ1) is 11.1. The maximum atomic E-state index is 12.5. The number of ether oxygens (including phenoxy) is 1. The molecule has 2 saturated heterocycles. The van der Waals surface area contributed by atoms with Gasteiger partial charge >= 0.3 is 0 Å². The molecule has 0 bridgehead atoms. The Bertz CT molecular complexity index is 571.